The third-order valence-corrected chi connectivity index (χ3v) is 5.29. The summed E-state index contributed by atoms with van der Waals surface area (Å²) in [5.41, 5.74) is 2.26. The van der Waals surface area contributed by atoms with Gasteiger partial charge in [0.15, 0.2) is 0 Å². The largest absolute Gasteiger partial charge is 0.452 e. The van der Waals surface area contributed by atoms with Crippen molar-refractivity contribution in [3.63, 3.8) is 0 Å². The average Bonchev–Trinajstić information content (AvgIpc) is 3.25. The van der Waals surface area contributed by atoms with E-state index in [0.717, 1.165) is 25.2 Å². The Morgan fingerprint density at radius 1 is 1.19 bits per heavy atom. The molecule has 0 bridgehead atoms. The molecule has 0 N–H and O–H groups in total. The van der Waals surface area contributed by atoms with Gasteiger partial charge in [-0.3, -0.25) is 4.90 Å². The molecule has 0 radical (unpaired) electrons. The van der Waals surface area contributed by atoms with Gasteiger partial charge in [0.2, 0.25) is 0 Å². The lowest BCUT2D eigenvalue weighted by Crippen LogP contribution is -2.25. The van der Waals surface area contributed by atoms with Gasteiger partial charge in [-0.1, -0.05) is 55.2 Å². The van der Waals surface area contributed by atoms with Crippen molar-refractivity contribution in [2.45, 2.75) is 53.7 Å². The number of hydrogen-bond acceptors (Lipinski definition) is 4. The Morgan fingerprint density at radius 2 is 1.97 bits per heavy atom. The van der Waals surface area contributed by atoms with E-state index < -0.39 is 5.60 Å². The van der Waals surface area contributed by atoms with Crippen LogP contribution in [0.2, 0.25) is 0 Å². The zero-order valence-corrected chi connectivity index (χ0v) is 21.0. The molecule has 2 rings (SSSR count). The molecule has 0 aliphatic heterocycles. The second-order valence-corrected chi connectivity index (χ2v) is 10.1. The van der Waals surface area contributed by atoms with E-state index >= 15 is 0 Å². The highest BCUT2D eigenvalue weighted by Crippen LogP contribution is 2.19. The normalized spacial score (nSPS) is 12.3. The van der Waals surface area contributed by atoms with Crippen LogP contribution in [-0.4, -0.2) is 29.6 Å². The van der Waals surface area contributed by atoms with Crippen molar-refractivity contribution in [2.24, 2.45) is 5.41 Å². The molecule has 0 fully saturated rings. The summed E-state index contributed by atoms with van der Waals surface area (Å²) in [6, 6.07) is 10.2. The molecular formula is C28H35NO2S. The number of carbonyl (C=O) groups excluding carboxylic acids is 1. The van der Waals surface area contributed by atoms with Crippen LogP contribution in [0.4, 0.5) is 0 Å². The summed E-state index contributed by atoms with van der Waals surface area (Å²) in [6.45, 7) is 15.0. The predicted molar refractivity (Wildman–Crippen MR) is 137 cm³/mol. The molecule has 0 atom stereocenters. The predicted octanol–water partition coefficient (Wildman–Crippen LogP) is 6.82. The minimum atomic E-state index is -0.691. The number of nitrogens with zero attached hydrogens (tertiary/aromatic N) is 1. The topological polar surface area (TPSA) is 29.5 Å². The lowest BCUT2D eigenvalue weighted by atomic mass is 9.98. The fourth-order valence-corrected chi connectivity index (χ4v) is 3.51. The van der Waals surface area contributed by atoms with Crippen LogP contribution in [0.25, 0.3) is 6.08 Å². The SMILES string of the molecule is CCN(C/C=C/C#CC(C)(C)C)Cc1cccc(/C=C/C(C)(C)OC(=O)c2ccsc2)c1. The Morgan fingerprint density at radius 3 is 2.62 bits per heavy atom. The Kier molecular flexibility index (Phi) is 9.50. The van der Waals surface area contributed by atoms with Gasteiger partial charge in [-0.15, -0.1) is 0 Å². The number of hydrogen-bond donors (Lipinski definition) is 0. The van der Waals surface area contributed by atoms with Gasteiger partial charge < -0.3 is 4.74 Å². The quantitative estimate of drug-likeness (QED) is 0.311. The van der Waals surface area contributed by atoms with Crippen LogP contribution in [0.1, 0.15) is 63.0 Å². The Labute approximate surface area is 197 Å². The first-order chi connectivity index (χ1) is 15.1. The molecule has 0 saturated carbocycles. The molecule has 32 heavy (non-hydrogen) atoms. The molecule has 1 aromatic carbocycles. The van der Waals surface area contributed by atoms with Gasteiger partial charge in [-0.25, -0.2) is 4.79 Å². The summed E-state index contributed by atoms with van der Waals surface area (Å²) in [5.74, 6) is 6.05. The van der Waals surface area contributed by atoms with E-state index in [0.29, 0.717) is 5.56 Å². The van der Waals surface area contributed by atoms with Crippen molar-refractivity contribution in [3.8, 4) is 11.8 Å². The number of carbonyl (C=O) groups is 1. The van der Waals surface area contributed by atoms with E-state index in [4.69, 9.17) is 4.74 Å². The lowest BCUT2D eigenvalue weighted by Gasteiger charge is -2.21. The number of benzene rings is 1. The van der Waals surface area contributed by atoms with Crippen molar-refractivity contribution >= 4 is 23.4 Å². The van der Waals surface area contributed by atoms with Crippen LogP contribution in [-0.2, 0) is 11.3 Å². The van der Waals surface area contributed by atoms with Gasteiger partial charge in [-0.2, -0.15) is 11.3 Å². The van der Waals surface area contributed by atoms with Crippen molar-refractivity contribution in [1.82, 2.24) is 4.90 Å². The van der Waals surface area contributed by atoms with E-state index in [9.17, 15) is 4.79 Å². The summed E-state index contributed by atoms with van der Waals surface area (Å²) >= 11 is 1.49. The maximum Gasteiger partial charge on any atom is 0.339 e. The molecule has 170 valence electrons. The van der Waals surface area contributed by atoms with E-state index in [1.165, 1.54) is 16.9 Å². The number of allylic oxidation sites excluding steroid dienone is 1. The van der Waals surface area contributed by atoms with Crippen LogP contribution in [0.15, 0.2) is 59.3 Å². The summed E-state index contributed by atoms with van der Waals surface area (Å²) < 4.78 is 5.66. The van der Waals surface area contributed by atoms with Gasteiger partial charge >= 0.3 is 5.97 Å². The van der Waals surface area contributed by atoms with E-state index in [1.807, 2.05) is 37.5 Å². The van der Waals surface area contributed by atoms with E-state index in [1.54, 1.807) is 11.4 Å². The average molecular weight is 450 g/mol. The maximum atomic E-state index is 12.2. The zero-order chi connectivity index (χ0) is 23.6. The van der Waals surface area contributed by atoms with Crippen LogP contribution < -0.4 is 0 Å². The van der Waals surface area contributed by atoms with Gasteiger partial charge in [0, 0.05) is 23.9 Å². The summed E-state index contributed by atoms with van der Waals surface area (Å²) in [6.07, 6.45) is 8.02. The van der Waals surface area contributed by atoms with Crippen molar-refractivity contribution < 1.29 is 9.53 Å². The Bertz CT molecular complexity index is 982. The van der Waals surface area contributed by atoms with Gasteiger partial charge in [0.1, 0.15) is 5.60 Å². The Hall–Kier alpha value is -2.61. The molecule has 0 aliphatic carbocycles. The van der Waals surface area contributed by atoms with Gasteiger partial charge in [0.05, 0.1) is 5.56 Å². The lowest BCUT2D eigenvalue weighted by molar-refractivity contribution is 0.0177. The number of thiophene rings is 1. The summed E-state index contributed by atoms with van der Waals surface area (Å²) in [4.78, 5) is 14.6. The first-order valence-electron chi connectivity index (χ1n) is 11.0. The zero-order valence-electron chi connectivity index (χ0n) is 20.1. The van der Waals surface area contributed by atoms with Crippen LogP contribution in [0.3, 0.4) is 0 Å². The molecule has 0 spiro atoms. The first kappa shape index (κ1) is 25.6. The van der Waals surface area contributed by atoms with Crippen LogP contribution in [0.5, 0.6) is 0 Å². The van der Waals surface area contributed by atoms with Crippen molar-refractivity contribution in [2.75, 3.05) is 13.1 Å². The molecule has 3 nitrogen and oxygen atoms in total. The maximum absolute atomic E-state index is 12.2. The van der Waals surface area contributed by atoms with Crippen molar-refractivity contribution in [1.29, 1.82) is 0 Å². The fourth-order valence-electron chi connectivity index (χ4n) is 2.89. The molecule has 0 amide bonds. The minimum absolute atomic E-state index is 0.0273. The molecule has 1 heterocycles. The van der Waals surface area contributed by atoms with Crippen LogP contribution >= 0.6 is 11.3 Å². The molecule has 0 saturated heterocycles. The number of ether oxygens (including phenoxy) is 1. The smallest absolute Gasteiger partial charge is 0.339 e. The van der Waals surface area contributed by atoms with Crippen molar-refractivity contribution in [3.05, 3.63) is 76.0 Å². The minimum Gasteiger partial charge on any atom is -0.452 e. The number of likely N-dealkylation sites (N-methyl/N-ethyl adjacent to an activating group) is 1. The third-order valence-electron chi connectivity index (χ3n) is 4.61. The standard InChI is InChI=1S/C28H35NO2S/c1-7-29(18-10-8-9-16-27(2,3)4)21-24-13-11-12-23(20-24)14-17-28(5,6)31-26(30)25-15-19-32-22-25/h8,10-15,17,19-20,22H,7,18,21H2,1-6H3/b10-8+,17-14+. The molecule has 1 aromatic heterocycles. The number of esters is 1. The summed E-state index contributed by atoms with van der Waals surface area (Å²) in [7, 11) is 0. The molecule has 2 aromatic rings. The monoisotopic (exact) mass is 449 g/mol. The van der Waals surface area contributed by atoms with Gasteiger partial charge in [-0.05, 0) is 75.9 Å². The second kappa shape index (κ2) is 11.9. The summed E-state index contributed by atoms with van der Waals surface area (Å²) in [5, 5.41) is 3.68. The van der Waals surface area contributed by atoms with E-state index in [-0.39, 0.29) is 11.4 Å². The fraction of sp³-hybridized carbons (Fsp3) is 0.393. The molecular weight excluding hydrogens is 414 g/mol. The molecule has 0 unspecified atom stereocenters. The third kappa shape index (κ3) is 9.68. The molecule has 0 aliphatic rings. The first-order valence-corrected chi connectivity index (χ1v) is 12.0. The Balaban J connectivity index is 1.97. The highest BCUT2D eigenvalue weighted by molar-refractivity contribution is 7.08. The highest BCUT2D eigenvalue weighted by atomic mass is 32.1. The van der Waals surface area contributed by atoms with Gasteiger partial charge in [0.25, 0.3) is 0 Å². The molecule has 4 heteroatoms. The van der Waals surface area contributed by atoms with E-state index in [2.05, 4.69) is 74.8 Å². The highest BCUT2D eigenvalue weighted by Gasteiger charge is 2.20. The number of rotatable bonds is 9. The van der Waals surface area contributed by atoms with Crippen LogP contribution in [0, 0.1) is 17.3 Å². The second-order valence-electron chi connectivity index (χ2n) is 9.33.